The molecule has 0 bridgehead atoms. The maximum absolute atomic E-state index is 12.6. The lowest BCUT2D eigenvalue weighted by molar-refractivity contribution is -0.911. The van der Waals surface area contributed by atoms with Gasteiger partial charge in [0, 0.05) is 16.0 Å². The molecule has 1 unspecified atom stereocenters. The van der Waals surface area contributed by atoms with Crippen LogP contribution in [0.1, 0.15) is 6.42 Å². The number of thioether (sulfide) groups is 1. The van der Waals surface area contributed by atoms with E-state index < -0.39 is 0 Å². The summed E-state index contributed by atoms with van der Waals surface area (Å²) in [5.41, 5.74) is 0.669. The van der Waals surface area contributed by atoms with Gasteiger partial charge in [-0.2, -0.15) is 11.8 Å². The molecule has 20 heavy (non-hydrogen) atoms. The number of hydrogen-bond acceptors (Lipinski definition) is 3. The first-order valence-electron chi connectivity index (χ1n) is 6.71. The molecule has 0 saturated carbocycles. The quantitative estimate of drug-likeness (QED) is 0.794. The van der Waals surface area contributed by atoms with E-state index in [9.17, 15) is 9.59 Å². The Hall–Kier alpha value is -0.850. The Balaban J connectivity index is 1.83. The highest BCUT2D eigenvalue weighted by Crippen LogP contribution is 2.25. The van der Waals surface area contributed by atoms with Crippen LogP contribution in [-0.2, 0) is 9.59 Å². The van der Waals surface area contributed by atoms with Gasteiger partial charge in [0.1, 0.15) is 0 Å². The predicted molar refractivity (Wildman–Crippen MR) is 83.1 cm³/mol. The average Bonchev–Trinajstić information content (AvgIpc) is 2.75. The first-order chi connectivity index (χ1) is 9.66. The Kier molecular flexibility index (Phi) is 4.14. The number of nitrogens with zero attached hydrogens (tertiary/aromatic N) is 1. The average molecular weight is 356 g/mol. The van der Waals surface area contributed by atoms with Gasteiger partial charge in [-0.15, -0.1) is 0 Å². The van der Waals surface area contributed by atoms with E-state index in [1.54, 1.807) is 0 Å². The second kappa shape index (κ2) is 5.87. The number of imide groups is 1. The summed E-state index contributed by atoms with van der Waals surface area (Å²) in [6.45, 7) is 1.95. The van der Waals surface area contributed by atoms with E-state index in [0.29, 0.717) is 12.1 Å². The van der Waals surface area contributed by atoms with Crippen LogP contribution in [-0.4, -0.2) is 42.5 Å². The summed E-state index contributed by atoms with van der Waals surface area (Å²) in [5.74, 6) is 2.02. The van der Waals surface area contributed by atoms with Crippen molar-refractivity contribution in [2.45, 2.75) is 12.5 Å². The topological polar surface area (TPSA) is 41.8 Å². The van der Waals surface area contributed by atoms with Gasteiger partial charge in [-0.3, -0.25) is 9.59 Å². The van der Waals surface area contributed by atoms with Crippen molar-refractivity contribution in [2.24, 2.45) is 0 Å². The number of hydrogen-bond donors (Lipinski definition) is 1. The first-order valence-corrected chi connectivity index (χ1v) is 8.66. The molecule has 2 aliphatic heterocycles. The molecule has 2 amide bonds. The number of benzene rings is 1. The van der Waals surface area contributed by atoms with Crippen LogP contribution in [0.25, 0.3) is 0 Å². The number of carbonyl (C=O) groups excluding carboxylic acids is 2. The molecule has 1 aromatic carbocycles. The molecular weight excluding hydrogens is 340 g/mol. The summed E-state index contributed by atoms with van der Waals surface area (Å²) in [7, 11) is 0. The number of nitrogens with one attached hydrogen (secondary N) is 1. The van der Waals surface area contributed by atoms with Crippen LogP contribution in [0.4, 0.5) is 5.69 Å². The summed E-state index contributed by atoms with van der Waals surface area (Å²) in [6.07, 6.45) is 0.339. The molecule has 1 aromatic rings. The van der Waals surface area contributed by atoms with Crippen molar-refractivity contribution in [3.63, 3.8) is 0 Å². The molecule has 0 aromatic heterocycles. The highest BCUT2D eigenvalue weighted by atomic mass is 79.9. The smallest absolute Gasteiger partial charge is 0.292 e. The van der Waals surface area contributed by atoms with Gasteiger partial charge in [0.05, 0.1) is 25.2 Å². The van der Waals surface area contributed by atoms with Gasteiger partial charge >= 0.3 is 0 Å². The molecule has 2 heterocycles. The number of carbonyl (C=O) groups is 2. The highest BCUT2D eigenvalue weighted by Gasteiger charge is 2.45. The molecule has 0 radical (unpaired) electrons. The molecule has 2 saturated heterocycles. The van der Waals surface area contributed by atoms with Crippen molar-refractivity contribution < 1.29 is 14.5 Å². The number of halogens is 1. The van der Waals surface area contributed by atoms with E-state index in [2.05, 4.69) is 15.9 Å². The number of amides is 2. The van der Waals surface area contributed by atoms with Crippen LogP contribution in [0.15, 0.2) is 28.7 Å². The van der Waals surface area contributed by atoms with Gasteiger partial charge in [-0.25, -0.2) is 4.90 Å². The lowest BCUT2D eigenvalue weighted by Gasteiger charge is -2.27. The van der Waals surface area contributed by atoms with Crippen molar-refractivity contribution in [3.05, 3.63) is 28.7 Å². The zero-order valence-corrected chi connectivity index (χ0v) is 13.4. The molecule has 106 valence electrons. The van der Waals surface area contributed by atoms with Crippen molar-refractivity contribution in [1.82, 2.24) is 0 Å². The first kappa shape index (κ1) is 14.1. The SMILES string of the molecule is O=C1CC([NH+]2CCSCC2)C(=O)N1c1cccc(Br)c1. The van der Waals surface area contributed by atoms with Gasteiger partial charge in [0.15, 0.2) is 6.04 Å². The summed E-state index contributed by atoms with van der Waals surface area (Å²) < 4.78 is 0.876. The van der Waals surface area contributed by atoms with Crippen molar-refractivity contribution in [1.29, 1.82) is 0 Å². The van der Waals surface area contributed by atoms with Crippen LogP contribution in [0.5, 0.6) is 0 Å². The summed E-state index contributed by atoms with van der Waals surface area (Å²) in [5, 5.41) is 0. The molecule has 6 heteroatoms. The van der Waals surface area contributed by atoms with Crippen LogP contribution >= 0.6 is 27.7 Å². The number of rotatable bonds is 2. The molecule has 0 spiro atoms. The lowest BCUT2D eigenvalue weighted by Crippen LogP contribution is -3.18. The van der Waals surface area contributed by atoms with Gasteiger partial charge in [-0.05, 0) is 18.2 Å². The van der Waals surface area contributed by atoms with Crippen LogP contribution < -0.4 is 9.80 Å². The maximum atomic E-state index is 12.6. The molecule has 1 N–H and O–H groups in total. The van der Waals surface area contributed by atoms with Gasteiger partial charge in [0.25, 0.3) is 5.91 Å². The van der Waals surface area contributed by atoms with Crippen molar-refractivity contribution in [3.8, 4) is 0 Å². The fourth-order valence-corrected chi connectivity index (χ4v) is 4.22. The third-order valence-electron chi connectivity index (χ3n) is 3.84. The summed E-state index contributed by atoms with van der Waals surface area (Å²) in [6, 6.07) is 7.17. The van der Waals surface area contributed by atoms with Crippen LogP contribution in [0.3, 0.4) is 0 Å². The van der Waals surface area contributed by atoms with Gasteiger partial charge < -0.3 is 4.90 Å². The molecule has 1 atom stereocenters. The van der Waals surface area contributed by atoms with Crippen molar-refractivity contribution >= 4 is 45.2 Å². The highest BCUT2D eigenvalue weighted by molar-refractivity contribution is 9.10. The third kappa shape index (κ3) is 2.64. The molecule has 2 fully saturated rings. The van der Waals surface area contributed by atoms with E-state index >= 15 is 0 Å². The molecule has 3 rings (SSSR count). The normalized spacial score (nSPS) is 24.4. The second-order valence-electron chi connectivity index (χ2n) is 5.07. The molecule has 4 nitrogen and oxygen atoms in total. The second-order valence-corrected chi connectivity index (χ2v) is 7.22. The van der Waals surface area contributed by atoms with E-state index in [-0.39, 0.29) is 17.9 Å². The standard InChI is InChI=1S/C14H15BrN2O2S/c15-10-2-1-3-11(8-10)17-13(18)9-12(14(17)19)16-4-6-20-7-5-16/h1-3,8,12H,4-7,9H2/p+1. The zero-order valence-electron chi connectivity index (χ0n) is 11.0. The maximum Gasteiger partial charge on any atom is 0.292 e. The number of anilines is 1. The van der Waals surface area contributed by atoms with E-state index in [0.717, 1.165) is 29.1 Å². The summed E-state index contributed by atoms with van der Waals surface area (Å²) >= 11 is 5.31. The minimum atomic E-state index is -0.192. The minimum absolute atomic E-state index is 0.0463. The lowest BCUT2D eigenvalue weighted by atomic mass is 10.2. The van der Waals surface area contributed by atoms with Crippen molar-refractivity contribution in [2.75, 3.05) is 29.5 Å². The fourth-order valence-electron chi connectivity index (χ4n) is 2.82. The Bertz CT molecular complexity index is 546. The van der Waals surface area contributed by atoms with E-state index in [1.165, 1.54) is 9.80 Å². The predicted octanol–water partition coefficient (Wildman–Crippen LogP) is 0.713. The summed E-state index contributed by atoms with van der Waals surface area (Å²) in [4.78, 5) is 27.4. The Morgan fingerprint density at radius 3 is 2.70 bits per heavy atom. The molecule has 0 aliphatic carbocycles. The third-order valence-corrected chi connectivity index (χ3v) is 5.32. The molecule has 2 aliphatic rings. The van der Waals surface area contributed by atoms with Gasteiger partial charge in [-0.1, -0.05) is 22.0 Å². The van der Waals surface area contributed by atoms with Crippen LogP contribution in [0, 0.1) is 0 Å². The van der Waals surface area contributed by atoms with Crippen LogP contribution in [0.2, 0.25) is 0 Å². The Morgan fingerprint density at radius 1 is 1.25 bits per heavy atom. The van der Waals surface area contributed by atoms with Gasteiger partial charge in [0.2, 0.25) is 5.91 Å². The van der Waals surface area contributed by atoms with E-state index in [1.807, 2.05) is 36.0 Å². The monoisotopic (exact) mass is 355 g/mol. The minimum Gasteiger partial charge on any atom is -0.323 e. The Morgan fingerprint density at radius 2 is 2.00 bits per heavy atom. The number of quaternary nitrogens is 1. The Labute approximate surface area is 130 Å². The molecular formula is C14H16BrN2O2S+. The zero-order chi connectivity index (χ0) is 14.1. The van der Waals surface area contributed by atoms with E-state index in [4.69, 9.17) is 0 Å². The largest absolute Gasteiger partial charge is 0.323 e. The fraction of sp³-hybridized carbons (Fsp3) is 0.429.